The molecule has 0 unspecified atom stereocenters. The van der Waals surface area contributed by atoms with Crippen LogP contribution in [0.25, 0.3) is 0 Å². The lowest BCUT2D eigenvalue weighted by Gasteiger charge is -2.26. The van der Waals surface area contributed by atoms with E-state index in [9.17, 15) is 20.1 Å². The molecule has 0 aliphatic carbocycles. The predicted molar refractivity (Wildman–Crippen MR) is 58.7 cm³/mol. The van der Waals surface area contributed by atoms with Gasteiger partial charge in [0.1, 0.15) is 0 Å². The number of carbonyl (C=O) groups is 1. The van der Waals surface area contributed by atoms with Crippen LogP contribution in [-0.2, 0) is 0 Å². The van der Waals surface area contributed by atoms with Gasteiger partial charge in [-0.3, -0.25) is 0 Å². The Morgan fingerprint density at radius 1 is 1.35 bits per heavy atom. The quantitative estimate of drug-likeness (QED) is 0.558. The molecule has 4 N–H and O–H groups in total. The summed E-state index contributed by atoms with van der Waals surface area (Å²) < 4.78 is 0.716. The Labute approximate surface area is 97.5 Å². The second kappa shape index (κ2) is 4.83. The van der Waals surface area contributed by atoms with Crippen LogP contribution in [0.5, 0.6) is 17.5 Å². The Hall–Kier alpha value is -2.09. The summed E-state index contributed by atoms with van der Waals surface area (Å²) >= 11 is 0. The van der Waals surface area contributed by atoms with E-state index >= 15 is 0 Å². The van der Waals surface area contributed by atoms with Crippen molar-refractivity contribution in [2.24, 2.45) is 0 Å². The molecule has 8 heteroatoms. The lowest BCUT2D eigenvalue weighted by atomic mass is 10.6. The number of amides is 2. The topological polar surface area (TPSA) is 109 Å². The molecule has 1 heterocycles. The maximum absolute atomic E-state index is 11.8. The normalized spacial score (nSPS) is 10.3. The summed E-state index contributed by atoms with van der Waals surface area (Å²) in [6.07, 6.45) is 0. The Bertz CT molecular complexity index is 415. The van der Waals surface area contributed by atoms with Crippen molar-refractivity contribution in [3.05, 3.63) is 6.07 Å². The summed E-state index contributed by atoms with van der Waals surface area (Å²) in [4.78, 5) is 13.0. The SMILES string of the molecule is CN(C)C(=O)N(CCO)n1c(O)cc(O)c1O. The molecule has 0 aliphatic heterocycles. The average Bonchev–Trinajstić information content (AvgIpc) is 2.50. The van der Waals surface area contributed by atoms with Gasteiger partial charge in [0.25, 0.3) is 5.88 Å². The fraction of sp³-hybridized carbons (Fsp3) is 0.444. The van der Waals surface area contributed by atoms with E-state index in [0.29, 0.717) is 4.68 Å². The molecule has 96 valence electrons. The van der Waals surface area contributed by atoms with Crippen LogP contribution >= 0.6 is 0 Å². The van der Waals surface area contributed by atoms with Gasteiger partial charge in [-0.15, -0.1) is 0 Å². The van der Waals surface area contributed by atoms with E-state index in [0.717, 1.165) is 11.1 Å². The number of hydrogen-bond donors (Lipinski definition) is 4. The molecule has 1 rings (SSSR count). The van der Waals surface area contributed by atoms with E-state index in [1.165, 1.54) is 19.0 Å². The molecule has 0 spiro atoms. The van der Waals surface area contributed by atoms with Crippen LogP contribution in [0.2, 0.25) is 0 Å². The van der Waals surface area contributed by atoms with E-state index in [4.69, 9.17) is 5.11 Å². The molecule has 0 aliphatic rings. The van der Waals surface area contributed by atoms with Crippen molar-refractivity contribution in [2.75, 3.05) is 32.3 Å². The minimum Gasteiger partial charge on any atom is -0.503 e. The molecule has 0 aromatic carbocycles. The van der Waals surface area contributed by atoms with Gasteiger partial charge in [0.05, 0.1) is 13.2 Å². The summed E-state index contributed by atoms with van der Waals surface area (Å²) in [5, 5.41) is 38.0. The van der Waals surface area contributed by atoms with Crippen molar-refractivity contribution in [1.82, 2.24) is 9.58 Å². The summed E-state index contributed by atoms with van der Waals surface area (Å²) in [6.45, 7) is -0.510. The molecule has 0 bridgehead atoms. The second-order valence-corrected chi connectivity index (χ2v) is 3.55. The molecule has 17 heavy (non-hydrogen) atoms. The molecule has 0 saturated heterocycles. The highest BCUT2D eigenvalue weighted by atomic mass is 16.3. The van der Waals surface area contributed by atoms with Gasteiger partial charge in [0.2, 0.25) is 5.88 Å². The van der Waals surface area contributed by atoms with Crippen LogP contribution in [0.1, 0.15) is 0 Å². The maximum Gasteiger partial charge on any atom is 0.338 e. The molecule has 2 amide bonds. The van der Waals surface area contributed by atoms with E-state index in [-0.39, 0.29) is 13.2 Å². The van der Waals surface area contributed by atoms with Crippen molar-refractivity contribution in [3.63, 3.8) is 0 Å². The van der Waals surface area contributed by atoms with E-state index in [1.54, 1.807) is 0 Å². The zero-order valence-electron chi connectivity index (χ0n) is 9.53. The number of aliphatic hydroxyl groups is 1. The van der Waals surface area contributed by atoms with E-state index in [2.05, 4.69) is 0 Å². The van der Waals surface area contributed by atoms with Crippen LogP contribution in [0, 0.1) is 0 Å². The highest BCUT2D eigenvalue weighted by molar-refractivity contribution is 5.84. The molecule has 1 aromatic rings. The minimum atomic E-state index is -0.675. The highest BCUT2D eigenvalue weighted by Gasteiger charge is 2.24. The van der Waals surface area contributed by atoms with Gasteiger partial charge in [0, 0.05) is 20.2 Å². The van der Waals surface area contributed by atoms with Crippen molar-refractivity contribution >= 4 is 6.03 Å². The number of aromatic hydroxyl groups is 3. The number of aromatic nitrogens is 1. The number of hydrogen-bond acceptors (Lipinski definition) is 5. The van der Waals surface area contributed by atoms with Crippen molar-refractivity contribution in [1.29, 1.82) is 0 Å². The van der Waals surface area contributed by atoms with Crippen molar-refractivity contribution in [3.8, 4) is 17.5 Å². The molecule has 8 nitrogen and oxygen atoms in total. The van der Waals surface area contributed by atoms with Crippen molar-refractivity contribution < 1.29 is 25.2 Å². The monoisotopic (exact) mass is 245 g/mol. The van der Waals surface area contributed by atoms with Gasteiger partial charge in [0.15, 0.2) is 5.75 Å². The number of rotatable bonds is 3. The maximum atomic E-state index is 11.8. The first kappa shape index (κ1) is 13.0. The fourth-order valence-corrected chi connectivity index (χ4v) is 1.31. The first-order valence-electron chi connectivity index (χ1n) is 4.82. The van der Waals surface area contributed by atoms with Crippen LogP contribution in [0.3, 0.4) is 0 Å². The van der Waals surface area contributed by atoms with Crippen LogP contribution in [0.15, 0.2) is 6.07 Å². The smallest absolute Gasteiger partial charge is 0.338 e. The summed E-state index contributed by atoms with van der Waals surface area (Å²) in [6, 6.07) is 0.322. The number of carbonyl (C=O) groups excluding carboxylic acids is 1. The summed E-state index contributed by atoms with van der Waals surface area (Å²) in [5.41, 5.74) is 0. The van der Waals surface area contributed by atoms with Gasteiger partial charge in [-0.2, -0.15) is 4.68 Å². The third-order valence-corrected chi connectivity index (χ3v) is 2.07. The lowest BCUT2D eigenvalue weighted by Crippen LogP contribution is -2.47. The second-order valence-electron chi connectivity index (χ2n) is 3.55. The third-order valence-electron chi connectivity index (χ3n) is 2.07. The Morgan fingerprint density at radius 2 is 1.94 bits per heavy atom. The molecule has 0 saturated carbocycles. The van der Waals surface area contributed by atoms with Gasteiger partial charge >= 0.3 is 6.03 Å². The van der Waals surface area contributed by atoms with Crippen LogP contribution in [0.4, 0.5) is 4.79 Å². The zero-order valence-corrected chi connectivity index (χ0v) is 9.53. The Morgan fingerprint density at radius 3 is 2.29 bits per heavy atom. The first-order chi connectivity index (χ1) is 7.90. The van der Waals surface area contributed by atoms with E-state index in [1.807, 2.05) is 0 Å². The van der Waals surface area contributed by atoms with Gasteiger partial charge in [-0.05, 0) is 0 Å². The molecule has 0 fully saturated rings. The third kappa shape index (κ3) is 2.36. The zero-order chi connectivity index (χ0) is 13.2. The van der Waals surface area contributed by atoms with Gasteiger partial charge < -0.3 is 25.3 Å². The van der Waals surface area contributed by atoms with Gasteiger partial charge in [-0.1, -0.05) is 0 Å². The number of urea groups is 1. The summed E-state index contributed by atoms with van der Waals surface area (Å²) in [5.74, 6) is -1.74. The average molecular weight is 245 g/mol. The Balaban J connectivity index is 3.18. The first-order valence-corrected chi connectivity index (χ1v) is 4.82. The molecule has 0 atom stereocenters. The van der Waals surface area contributed by atoms with Gasteiger partial charge in [-0.25, -0.2) is 9.80 Å². The predicted octanol–water partition coefficient (Wildman–Crippen LogP) is -0.783. The molecular weight excluding hydrogens is 230 g/mol. The number of aliphatic hydroxyl groups excluding tert-OH is 1. The summed E-state index contributed by atoms with van der Waals surface area (Å²) in [7, 11) is 2.95. The van der Waals surface area contributed by atoms with Crippen LogP contribution < -0.4 is 5.01 Å². The van der Waals surface area contributed by atoms with E-state index < -0.39 is 23.5 Å². The van der Waals surface area contributed by atoms with Crippen molar-refractivity contribution in [2.45, 2.75) is 0 Å². The molecule has 1 aromatic heterocycles. The standard InChI is InChI=1S/C9H15N3O5/c1-10(2)9(17)11(3-4-13)12-7(15)5-6(14)8(12)16/h5,13-16H,3-4H2,1-2H3. The molecule has 0 radical (unpaired) electrons. The lowest BCUT2D eigenvalue weighted by molar-refractivity contribution is 0.207. The minimum absolute atomic E-state index is 0.147. The molecular formula is C9H15N3O5. The van der Waals surface area contributed by atoms with Crippen LogP contribution in [-0.4, -0.2) is 63.3 Å². The Kier molecular flexibility index (Phi) is 3.69. The highest BCUT2D eigenvalue weighted by Crippen LogP contribution is 2.33. The number of nitrogens with zero attached hydrogens (tertiary/aromatic N) is 3. The largest absolute Gasteiger partial charge is 0.503 e. The fourth-order valence-electron chi connectivity index (χ4n) is 1.31.